The van der Waals surface area contributed by atoms with Crippen molar-refractivity contribution in [1.82, 2.24) is 4.57 Å². The smallest absolute Gasteiger partial charge is 0.341 e. The molecule has 0 unspecified atom stereocenters. The molecule has 0 bridgehead atoms. The fourth-order valence-electron chi connectivity index (χ4n) is 4.80. The van der Waals surface area contributed by atoms with Gasteiger partial charge in [0.05, 0.1) is 17.3 Å². The number of carboxylic acids is 1. The number of rotatable bonds is 3. The number of anilines is 1. The Balaban J connectivity index is 2.02. The third-order valence-electron chi connectivity index (χ3n) is 6.46. The van der Waals surface area contributed by atoms with Crippen molar-refractivity contribution < 1.29 is 19.4 Å². The van der Waals surface area contributed by atoms with E-state index in [0.717, 1.165) is 12.0 Å². The highest BCUT2D eigenvalue weighted by Gasteiger charge is 2.33. The van der Waals surface area contributed by atoms with Gasteiger partial charge in [-0.2, -0.15) is 0 Å². The lowest BCUT2D eigenvalue weighted by Crippen LogP contribution is -2.38. The summed E-state index contributed by atoms with van der Waals surface area (Å²) in [6.45, 7) is 5.20. The summed E-state index contributed by atoms with van der Waals surface area (Å²) in [6.07, 6.45) is 3.72. The fraction of sp³-hybridized carbons (Fsp3) is 0.524. The van der Waals surface area contributed by atoms with Crippen molar-refractivity contribution in [3.8, 4) is 0 Å². The summed E-state index contributed by atoms with van der Waals surface area (Å²) in [4.78, 5) is 26.3. The summed E-state index contributed by atoms with van der Waals surface area (Å²) in [5.41, 5.74) is 0.970. The molecule has 7 heteroatoms. The highest BCUT2D eigenvalue weighted by molar-refractivity contribution is 5.95. The number of aromatic carboxylic acids is 1. The molecule has 1 aromatic carbocycles. The van der Waals surface area contributed by atoms with Gasteiger partial charge in [0, 0.05) is 36.3 Å². The Morgan fingerprint density at radius 3 is 2.61 bits per heavy atom. The quantitative estimate of drug-likeness (QED) is 0.845. The lowest BCUT2D eigenvalue weighted by molar-refractivity contribution is 0.0694. The molecule has 2 aliphatic heterocycles. The van der Waals surface area contributed by atoms with Crippen molar-refractivity contribution in [3.63, 3.8) is 0 Å². The number of aromatic nitrogens is 1. The SMILES string of the molecule is CC[C@H]1Cc2c(N3CCC(O)CC3)c(F)cc3c(=O)c(C(=O)O)cn(c23)[C@H]1C. The van der Waals surface area contributed by atoms with Gasteiger partial charge >= 0.3 is 5.97 Å². The number of nitrogens with zero attached hydrogens (tertiary/aromatic N) is 2. The molecule has 2 atom stereocenters. The van der Waals surface area contributed by atoms with Crippen molar-refractivity contribution in [1.29, 1.82) is 0 Å². The van der Waals surface area contributed by atoms with E-state index in [1.54, 1.807) is 0 Å². The Morgan fingerprint density at radius 1 is 1.32 bits per heavy atom. The molecule has 6 nitrogen and oxygen atoms in total. The first-order valence-corrected chi connectivity index (χ1v) is 9.90. The van der Waals surface area contributed by atoms with E-state index < -0.39 is 17.2 Å². The van der Waals surface area contributed by atoms with Crippen molar-refractivity contribution >= 4 is 22.6 Å². The van der Waals surface area contributed by atoms with Gasteiger partial charge in [0.1, 0.15) is 11.4 Å². The van der Waals surface area contributed by atoms with Crippen molar-refractivity contribution in [2.45, 2.75) is 51.7 Å². The number of aliphatic hydroxyl groups excluding tert-OH is 1. The van der Waals surface area contributed by atoms with Crippen LogP contribution in [0.2, 0.25) is 0 Å². The largest absolute Gasteiger partial charge is 0.477 e. The second kappa shape index (κ2) is 6.88. The van der Waals surface area contributed by atoms with Crippen LogP contribution in [0.5, 0.6) is 0 Å². The van der Waals surface area contributed by atoms with Gasteiger partial charge in [0.15, 0.2) is 0 Å². The molecule has 1 fully saturated rings. The third-order valence-corrected chi connectivity index (χ3v) is 6.46. The van der Waals surface area contributed by atoms with Crippen LogP contribution in [0.25, 0.3) is 10.9 Å². The van der Waals surface area contributed by atoms with Gasteiger partial charge in [-0.1, -0.05) is 13.3 Å². The minimum atomic E-state index is -1.29. The molecule has 4 rings (SSSR count). The summed E-state index contributed by atoms with van der Waals surface area (Å²) in [7, 11) is 0. The Labute approximate surface area is 162 Å². The van der Waals surface area contributed by atoms with E-state index >= 15 is 4.39 Å². The Hall–Kier alpha value is -2.41. The molecule has 28 heavy (non-hydrogen) atoms. The van der Waals surface area contributed by atoms with Crippen LogP contribution >= 0.6 is 0 Å². The summed E-state index contributed by atoms with van der Waals surface area (Å²) in [5, 5.41) is 19.4. The summed E-state index contributed by atoms with van der Waals surface area (Å²) < 4.78 is 17.1. The van der Waals surface area contributed by atoms with E-state index in [-0.39, 0.29) is 29.0 Å². The number of pyridine rings is 1. The third kappa shape index (κ3) is 2.80. The number of benzene rings is 1. The Morgan fingerprint density at radius 2 is 2.00 bits per heavy atom. The lowest BCUT2D eigenvalue weighted by Gasteiger charge is -2.38. The average Bonchev–Trinajstić information content (AvgIpc) is 2.66. The molecule has 3 heterocycles. The number of hydrogen-bond acceptors (Lipinski definition) is 4. The molecule has 0 aliphatic carbocycles. The van der Waals surface area contributed by atoms with Gasteiger partial charge in [-0.15, -0.1) is 0 Å². The highest BCUT2D eigenvalue weighted by Crippen LogP contribution is 2.42. The Kier molecular flexibility index (Phi) is 4.65. The molecule has 2 aliphatic rings. The molecule has 0 spiro atoms. The molecular formula is C21H25FN2O4. The first-order valence-electron chi connectivity index (χ1n) is 9.90. The van der Waals surface area contributed by atoms with E-state index in [9.17, 15) is 19.8 Å². The zero-order valence-electron chi connectivity index (χ0n) is 16.1. The molecule has 2 aromatic rings. The van der Waals surface area contributed by atoms with Crippen LogP contribution in [0.4, 0.5) is 10.1 Å². The standard InChI is InChI=1S/C21H25FN2O4/c1-3-12-8-14-18-15(20(26)16(21(27)28)10-24(18)11(12)2)9-17(22)19(14)23-6-4-13(25)5-7-23/h9-13,25H,3-8H2,1-2H3,(H,27,28)/t11-,12-/m0/s1. The van der Waals surface area contributed by atoms with Crippen LogP contribution < -0.4 is 10.3 Å². The maximum atomic E-state index is 15.2. The number of carboxylic acid groups (broad SMARTS) is 1. The molecule has 2 N–H and O–H groups in total. The van der Waals surface area contributed by atoms with Crippen molar-refractivity contribution in [3.05, 3.63) is 39.4 Å². The minimum Gasteiger partial charge on any atom is -0.477 e. The molecule has 1 saturated heterocycles. The van der Waals surface area contributed by atoms with E-state index in [1.807, 2.05) is 16.4 Å². The normalized spacial score (nSPS) is 22.6. The number of halogens is 1. The number of hydrogen-bond donors (Lipinski definition) is 2. The topological polar surface area (TPSA) is 82.8 Å². The first kappa shape index (κ1) is 18.9. The average molecular weight is 388 g/mol. The van der Waals surface area contributed by atoms with Crippen LogP contribution in [0.3, 0.4) is 0 Å². The second-order valence-electron chi connectivity index (χ2n) is 8.00. The zero-order valence-corrected chi connectivity index (χ0v) is 16.1. The molecule has 150 valence electrons. The van der Waals surface area contributed by atoms with Gasteiger partial charge < -0.3 is 19.7 Å². The monoisotopic (exact) mass is 388 g/mol. The van der Waals surface area contributed by atoms with E-state index in [1.165, 1.54) is 12.3 Å². The van der Waals surface area contributed by atoms with E-state index in [2.05, 4.69) is 6.92 Å². The number of carbonyl (C=O) groups is 1. The molecule has 0 amide bonds. The summed E-state index contributed by atoms with van der Waals surface area (Å²) >= 11 is 0. The predicted molar refractivity (Wildman–Crippen MR) is 105 cm³/mol. The van der Waals surface area contributed by atoms with E-state index in [4.69, 9.17) is 0 Å². The fourth-order valence-corrected chi connectivity index (χ4v) is 4.80. The summed E-state index contributed by atoms with van der Waals surface area (Å²) in [6, 6.07) is 1.21. The van der Waals surface area contributed by atoms with Crippen LogP contribution in [-0.2, 0) is 6.42 Å². The highest BCUT2D eigenvalue weighted by atomic mass is 19.1. The maximum absolute atomic E-state index is 15.2. The van der Waals surface area contributed by atoms with Crippen LogP contribution in [0, 0.1) is 11.7 Å². The predicted octanol–water partition coefficient (Wildman–Crippen LogP) is 2.94. The molecular weight excluding hydrogens is 363 g/mol. The van der Waals surface area contributed by atoms with Crippen LogP contribution in [0.15, 0.2) is 17.1 Å². The van der Waals surface area contributed by atoms with Gasteiger partial charge in [0.2, 0.25) is 5.43 Å². The molecule has 0 radical (unpaired) electrons. The minimum absolute atomic E-state index is 0.0141. The van der Waals surface area contributed by atoms with Crippen LogP contribution in [0.1, 0.15) is 55.1 Å². The van der Waals surface area contributed by atoms with Gasteiger partial charge in [-0.25, -0.2) is 9.18 Å². The van der Waals surface area contributed by atoms with Gasteiger partial charge in [0.25, 0.3) is 0 Å². The molecule has 0 saturated carbocycles. The van der Waals surface area contributed by atoms with Gasteiger partial charge in [-0.05, 0) is 38.2 Å². The van der Waals surface area contributed by atoms with Gasteiger partial charge in [-0.3, -0.25) is 4.79 Å². The Bertz CT molecular complexity index is 1010. The number of aliphatic hydroxyl groups is 1. The lowest BCUT2D eigenvalue weighted by atomic mass is 9.84. The maximum Gasteiger partial charge on any atom is 0.341 e. The first-order chi connectivity index (χ1) is 13.3. The zero-order chi connectivity index (χ0) is 20.2. The molecule has 1 aromatic heterocycles. The van der Waals surface area contributed by atoms with E-state index in [0.29, 0.717) is 43.6 Å². The second-order valence-corrected chi connectivity index (χ2v) is 8.00. The summed E-state index contributed by atoms with van der Waals surface area (Å²) in [5.74, 6) is -1.57. The van der Waals surface area contributed by atoms with Crippen molar-refractivity contribution in [2.24, 2.45) is 5.92 Å². The van der Waals surface area contributed by atoms with Crippen molar-refractivity contribution in [2.75, 3.05) is 18.0 Å². The van der Waals surface area contributed by atoms with Crippen LogP contribution in [-0.4, -0.2) is 39.9 Å². The number of piperidine rings is 1.